The Labute approximate surface area is 167 Å². The smallest absolute Gasteiger partial charge is 0.194 e. The molecule has 8 heteroatoms. The summed E-state index contributed by atoms with van der Waals surface area (Å²) in [5, 5.41) is 8.16. The maximum absolute atomic E-state index is 5.17. The number of piperazine rings is 1. The lowest BCUT2D eigenvalue weighted by atomic mass is 10.2. The van der Waals surface area contributed by atoms with Crippen molar-refractivity contribution in [1.29, 1.82) is 0 Å². The third-order valence-corrected chi connectivity index (χ3v) is 5.23. The first kappa shape index (κ1) is 20.1. The van der Waals surface area contributed by atoms with Gasteiger partial charge in [-0.25, -0.2) is 4.98 Å². The second-order valence-corrected chi connectivity index (χ2v) is 6.93. The molecule has 1 N–H and O–H groups in total. The van der Waals surface area contributed by atoms with Gasteiger partial charge in [0, 0.05) is 64.3 Å². The van der Waals surface area contributed by atoms with Gasteiger partial charge in [0.25, 0.3) is 0 Å². The van der Waals surface area contributed by atoms with Crippen molar-refractivity contribution in [3.8, 4) is 0 Å². The summed E-state index contributed by atoms with van der Waals surface area (Å²) in [6.45, 7) is 10.0. The van der Waals surface area contributed by atoms with Crippen LogP contribution in [0.5, 0.6) is 0 Å². The van der Waals surface area contributed by atoms with E-state index < -0.39 is 0 Å². The van der Waals surface area contributed by atoms with Gasteiger partial charge in [-0.1, -0.05) is 6.07 Å². The summed E-state index contributed by atoms with van der Waals surface area (Å²) in [6, 6.07) is 6.05. The summed E-state index contributed by atoms with van der Waals surface area (Å²) in [5.41, 5.74) is 3.46. The highest BCUT2D eigenvalue weighted by Gasteiger charge is 2.21. The zero-order valence-corrected chi connectivity index (χ0v) is 17.4. The van der Waals surface area contributed by atoms with Crippen LogP contribution in [0, 0.1) is 13.8 Å². The van der Waals surface area contributed by atoms with E-state index in [9.17, 15) is 0 Å². The molecule has 0 aliphatic carbocycles. The van der Waals surface area contributed by atoms with E-state index in [2.05, 4.69) is 50.1 Å². The first-order valence-electron chi connectivity index (χ1n) is 9.77. The molecule has 0 bridgehead atoms. The molecule has 152 valence electrons. The highest BCUT2D eigenvalue weighted by Crippen LogP contribution is 2.15. The van der Waals surface area contributed by atoms with Gasteiger partial charge in [-0.3, -0.25) is 9.67 Å². The zero-order valence-electron chi connectivity index (χ0n) is 17.4. The van der Waals surface area contributed by atoms with E-state index >= 15 is 0 Å². The van der Waals surface area contributed by atoms with Crippen molar-refractivity contribution in [3.05, 3.63) is 41.3 Å². The van der Waals surface area contributed by atoms with Gasteiger partial charge in [0.05, 0.1) is 18.8 Å². The molecule has 1 fully saturated rings. The molecular weight excluding hydrogens is 354 g/mol. The summed E-state index contributed by atoms with van der Waals surface area (Å²) in [6.07, 6.45) is 1.85. The summed E-state index contributed by atoms with van der Waals surface area (Å²) in [7, 11) is 3.56. The fraction of sp³-hybridized carbons (Fsp3) is 0.550. The van der Waals surface area contributed by atoms with Gasteiger partial charge in [0.1, 0.15) is 5.82 Å². The van der Waals surface area contributed by atoms with Gasteiger partial charge >= 0.3 is 0 Å². The first-order chi connectivity index (χ1) is 13.6. The van der Waals surface area contributed by atoms with E-state index in [0.717, 1.165) is 56.7 Å². The molecule has 0 unspecified atom stereocenters. The van der Waals surface area contributed by atoms with E-state index in [1.807, 2.05) is 30.1 Å². The average molecular weight is 386 g/mol. The Balaban J connectivity index is 1.57. The minimum atomic E-state index is 0.664. The van der Waals surface area contributed by atoms with Gasteiger partial charge in [-0.2, -0.15) is 5.10 Å². The molecule has 0 amide bonds. The molecule has 0 aromatic carbocycles. The largest absolute Gasteiger partial charge is 0.383 e. The highest BCUT2D eigenvalue weighted by atomic mass is 16.5. The number of rotatable bonds is 6. The molecule has 2 aromatic rings. The van der Waals surface area contributed by atoms with Crippen molar-refractivity contribution in [2.24, 2.45) is 4.99 Å². The number of methoxy groups -OCH3 is 1. The van der Waals surface area contributed by atoms with Crippen molar-refractivity contribution < 1.29 is 4.74 Å². The van der Waals surface area contributed by atoms with Crippen molar-refractivity contribution in [2.75, 3.05) is 51.8 Å². The van der Waals surface area contributed by atoms with Crippen LogP contribution in [0.15, 0.2) is 29.4 Å². The van der Waals surface area contributed by atoms with Crippen LogP contribution < -0.4 is 10.2 Å². The molecule has 2 aromatic heterocycles. The number of aliphatic imine (C=N–C) groups is 1. The molecule has 1 aliphatic rings. The molecule has 3 rings (SSSR count). The number of guanidine groups is 1. The van der Waals surface area contributed by atoms with Crippen LogP contribution in [0.4, 0.5) is 5.82 Å². The fourth-order valence-electron chi connectivity index (χ4n) is 3.57. The maximum Gasteiger partial charge on any atom is 0.194 e. The highest BCUT2D eigenvalue weighted by molar-refractivity contribution is 5.80. The van der Waals surface area contributed by atoms with Crippen molar-refractivity contribution in [1.82, 2.24) is 25.0 Å². The number of nitrogens with one attached hydrogen (secondary N) is 1. The van der Waals surface area contributed by atoms with E-state index in [0.29, 0.717) is 6.61 Å². The predicted molar refractivity (Wildman–Crippen MR) is 112 cm³/mol. The van der Waals surface area contributed by atoms with Gasteiger partial charge in [0.2, 0.25) is 0 Å². The minimum Gasteiger partial charge on any atom is -0.383 e. The Morgan fingerprint density at radius 3 is 2.64 bits per heavy atom. The average Bonchev–Trinajstić information content (AvgIpc) is 3.01. The molecule has 1 aliphatic heterocycles. The lowest BCUT2D eigenvalue weighted by Crippen LogP contribution is -2.52. The molecular formula is C20H31N7O. The number of hydrogen-bond donors (Lipinski definition) is 1. The summed E-state index contributed by atoms with van der Waals surface area (Å²) in [5.74, 6) is 1.98. The second kappa shape index (κ2) is 9.54. The van der Waals surface area contributed by atoms with E-state index in [4.69, 9.17) is 4.74 Å². The van der Waals surface area contributed by atoms with Gasteiger partial charge in [-0.15, -0.1) is 0 Å². The summed E-state index contributed by atoms with van der Waals surface area (Å²) >= 11 is 0. The van der Waals surface area contributed by atoms with Crippen LogP contribution in [0.25, 0.3) is 0 Å². The third-order valence-electron chi connectivity index (χ3n) is 5.23. The Morgan fingerprint density at radius 2 is 2.00 bits per heavy atom. The number of hydrogen-bond acceptors (Lipinski definition) is 5. The number of ether oxygens (including phenoxy) is 1. The molecule has 0 spiro atoms. The lowest BCUT2D eigenvalue weighted by Gasteiger charge is -2.37. The van der Waals surface area contributed by atoms with Crippen LogP contribution in [0.3, 0.4) is 0 Å². The second-order valence-electron chi connectivity index (χ2n) is 6.93. The minimum absolute atomic E-state index is 0.664. The fourth-order valence-corrected chi connectivity index (χ4v) is 3.57. The number of nitrogens with zero attached hydrogens (tertiary/aromatic N) is 6. The number of aryl methyl sites for hydroxylation is 1. The molecule has 1 saturated heterocycles. The Morgan fingerprint density at radius 1 is 1.21 bits per heavy atom. The van der Waals surface area contributed by atoms with Crippen molar-refractivity contribution >= 4 is 11.8 Å². The van der Waals surface area contributed by atoms with Crippen LogP contribution in [0.1, 0.15) is 17.0 Å². The zero-order chi connectivity index (χ0) is 19.9. The topological polar surface area (TPSA) is 70.8 Å². The number of anilines is 1. The molecule has 0 saturated carbocycles. The van der Waals surface area contributed by atoms with Crippen LogP contribution in [-0.4, -0.2) is 72.6 Å². The molecule has 28 heavy (non-hydrogen) atoms. The Hall–Kier alpha value is -2.61. The molecule has 8 nitrogen and oxygen atoms in total. The van der Waals surface area contributed by atoms with Crippen LogP contribution >= 0.6 is 0 Å². The monoisotopic (exact) mass is 385 g/mol. The summed E-state index contributed by atoms with van der Waals surface area (Å²) < 4.78 is 7.19. The van der Waals surface area contributed by atoms with E-state index in [1.54, 1.807) is 7.11 Å². The number of aromatic nitrogens is 3. The van der Waals surface area contributed by atoms with E-state index in [-0.39, 0.29) is 0 Å². The van der Waals surface area contributed by atoms with E-state index in [1.165, 1.54) is 11.3 Å². The molecule has 0 atom stereocenters. The SMILES string of the molecule is CN=C(NCc1c(C)nn(CCOC)c1C)N1CCN(c2ccccn2)CC1. The Kier molecular flexibility index (Phi) is 6.86. The van der Waals surface area contributed by atoms with Crippen LogP contribution in [-0.2, 0) is 17.8 Å². The summed E-state index contributed by atoms with van der Waals surface area (Å²) in [4.78, 5) is 13.6. The molecule has 0 radical (unpaired) electrons. The lowest BCUT2D eigenvalue weighted by molar-refractivity contribution is 0.182. The quantitative estimate of drug-likeness (QED) is 0.599. The molecule has 3 heterocycles. The standard InChI is InChI=1S/C20H31N7O/c1-16-18(17(2)27(24-16)13-14-28-4)15-23-20(21-3)26-11-9-25(10-12-26)19-7-5-6-8-22-19/h5-8H,9-15H2,1-4H3,(H,21,23). The predicted octanol–water partition coefficient (Wildman–Crippen LogP) is 1.44. The van der Waals surface area contributed by atoms with Crippen molar-refractivity contribution in [2.45, 2.75) is 26.9 Å². The number of pyridine rings is 1. The maximum atomic E-state index is 5.17. The Bertz CT molecular complexity index is 779. The van der Waals surface area contributed by atoms with Gasteiger partial charge in [0.15, 0.2) is 5.96 Å². The normalized spacial score (nSPS) is 15.2. The first-order valence-corrected chi connectivity index (χ1v) is 9.77. The van der Waals surface area contributed by atoms with Gasteiger partial charge < -0.3 is 19.9 Å². The van der Waals surface area contributed by atoms with Gasteiger partial charge in [-0.05, 0) is 26.0 Å². The third kappa shape index (κ3) is 4.62. The van der Waals surface area contributed by atoms with Crippen molar-refractivity contribution in [3.63, 3.8) is 0 Å². The van der Waals surface area contributed by atoms with Crippen LogP contribution in [0.2, 0.25) is 0 Å².